The van der Waals surface area contributed by atoms with Gasteiger partial charge in [0.15, 0.2) is 11.5 Å². The Kier molecular flexibility index (Phi) is 6.06. The van der Waals surface area contributed by atoms with Crippen molar-refractivity contribution in [3.63, 3.8) is 0 Å². The highest BCUT2D eigenvalue weighted by Crippen LogP contribution is 2.40. The maximum atomic E-state index is 12.8. The molecule has 0 aliphatic rings. The summed E-state index contributed by atoms with van der Waals surface area (Å²) < 4.78 is 23.3. The number of carbonyl (C=O) groups is 1. The normalized spacial score (nSPS) is 10.7. The van der Waals surface area contributed by atoms with Gasteiger partial charge in [-0.2, -0.15) is 0 Å². The summed E-state index contributed by atoms with van der Waals surface area (Å²) in [4.78, 5) is 12.8. The number of hydrogen-bond acceptors (Lipinski definition) is 5. The number of methoxy groups -OCH3 is 4. The molecule has 148 valence electrons. The molecule has 0 fully saturated rings. The fourth-order valence-corrected chi connectivity index (χ4v) is 3.14. The van der Waals surface area contributed by atoms with Crippen molar-refractivity contribution in [2.24, 2.45) is 0 Å². The number of nitrogens with zero attached hydrogens (tertiary/aromatic N) is 1. The maximum absolute atomic E-state index is 12.8. The van der Waals surface area contributed by atoms with Gasteiger partial charge < -0.3 is 28.8 Å². The van der Waals surface area contributed by atoms with Gasteiger partial charge in [0, 0.05) is 36.4 Å². The van der Waals surface area contributed by atoms with Crippen LogP contribution in [0.25, 0.3) is 10.9 Å². The first-order valence-corrected chi connectivity index (χ1v) is 8.81. The average molecular weight is 384 g/mol. The van der Waals surface area contributed by atoms with Crippen molar-refractivity contribution >= 4 is 22.5 Å². The number of carbonyl (C=O) groups excluding carboxylic acids is 1. The van der Waals surface area contributed by atoms with Crippen LogP contribution in [0.2, 0.25) is 0 Å². The van der Waals surface area contributed by atoms with Gasteiger partial charge in [-0.3, -0.25) is 4.79 Å². The van der Waals surface area contributed by atoms with E-state index in [9.17, 15) is 4.79 Å². The van der Waals surface area contributed by atoms with Crippen LogP contribution in [0.5, 0.6) is 17.2 Å². The molecule has 7 nitrogen and oxygen atoms in total. The Morgan fingerprint density at radius 2 is 1.75 bits per heavy atom. The molecule has 0 spiro atoms. The van der Waals surface area contributed by atoms with E-state index < -0.39 is 0 Å². The van der Waals surface area contributed by atoms with Crippen molar-refractivity contribution in [2.45, 2.75) is 6.54 Å². The van der Waals surface area contributed by atoms with E-state index in [-0.39, 0.29) is 5.91 Å². The Morgan fingerprint density at radius 3 is 2.43 bits per heavy atom. The summed E-state index contributed by atoms with van der Waals surface area (Å²) in [5, 5.41) is 3.95. The first kappa shape index (κ1) is 19.6. The third kappa shape index (κ3) is 3.75. The zero-order valence-electron chi connectivity index (χ0n) is 16.4. The highest BCUT2D eigenvalue weighted by Gasteiger charge is 2.20. The van der Waals surface area contributed by atoms with E-state index in [4.69, 9.17) is 18.9 Å². The lowest BCUT2D eigenvalue weighted by Crippen LogP contribution is -2.14. The summed E-state index contributed by atoms with van der Waals surface area (Å²) in [7, 11) is 6.21. The van der Waals surface area contributed by atoms with Gasteiger partial charge in [-0.25, -0.2) is 0 Å². The third-order valence-corrected chi connectivity index (χ3v) is 4.51. The number of benzene rings is 2. The molecule has 0 unspecified atom stereocenters. The van der Waals surface area contributed by atoms with E-state index in [0.717, 1.165) is 17.4 Å². The minimum atomic E-state index is -0.295. The summed E-state index contributed by atoms with van der Waals surface area (Å²) in [5.41, 5.74) is 2.13. The second kappa shape index (κ2) is 8.67. The Hall–Kier alpha value is -3.19. The van der Waals surface area contributed by atoms with Crippen LogP contribution >= 0.6 is 0 Å². The van der Waals surface area contributed by atoms with Crippen molar-refractivity contribution < 1.29 is 23.7 Å². The lowest BCUT2D eigenvalue weighted by molar-refractivity contribution is 0.102. The molecule has 3 rings (SSSR count). The second-order valence-corrected chi connectivity index (χ2v) is 6.11. The zero-order valence-corrected chi connectivity index (χ0v) is 16.4. The molecule has 1 heterocycles. The predicted octanol–water partition coefficient (Wildman–Crippen LogP) is 3.57. The fourth-order valence-electron chi connectivity index (χ4n) is 3.14. The molecule has 7 heteroatoms. The smallest absolute Gasteiger partial charge is 0.259 e. The van der Waals surface area contributed by atoms with Gasteiger partial charge >= 0.3 is 0 Å². The molecule has 0 bridgehead atoms. The van der Waals surface area contributed by atoms with Crippen LogP contribution in [0.1, 0.15) is 10.4 Å². The predicted molar refractivity (Wildman–Crippen MR) is 108 cm³/mol. The largest absolute Gasteiger partial charge is 0.493 e. The zero-order chi connectivity index (χ0) is 20.1. The summed E-state index contributed by atoms with van der Waals surface area (Å²) in [6.07, 6.45) is 2.01. The molecule has 2 aromatic carbocycles. The molecule has 0 saturated carbocycles. The van der Waals surface area contributed by atoms with Crippen LogP contribution in [0, 0.1) is 0 Å². The lowest BCUT2D eigenvalue weighted by atomic mass is 10.1. The molecule has 1 amide bonds. The maximum Gasteiger partial charge on any atom is 0.259 e. The minimum absolute atomic E-state index is 0.295. The molecular weight excluding hydrogens is 360 g/mol. The molecule has 3 aromatic rings. The number of ether oxygens (including phenoxy) is 4. The van der Waals surface area contributed by atoms with Gasteiger partial charge in [-0.15, -0.1) is 0 Å². The van der Waals surface area contributed by atoms with Gasteiger partial charge in [0.2, 0.25) is 5.75 Å². The number of aromatic nitrogens is 1. The second-order valence-electron chi connectivity index (χ2n) is 6.11. The number of anilines is 1. The lowest BCUT2D eigenvalue weighted by Gasteiger charge is -2.15. The first-order valence-electron chi connectivity index (χ1n) is 8.81. The minimum Gasteiger partial charge on any atom is -0.493 e. The van der Waals surface area contributed by atoms with Gasteiger partial charge in [-0.1, -0.05) is 0 Å². The van der Waals surface area contributed by atoms with Crippen molar-refractivity contribution in [1.82, 2.24) is 4.57 Å². The van der Waals surface area contributed by atoms with Gasteiger partial charge in [0.05, 0.1) is 33.5 Å². The van der Waals surface area contributed by atoms with Crippen LogP contribution in [0.3, 0.4) is 0 Å². The number of amides is 1. The third-order valence-electron chi connectivity index (χ3n) is 4.51. The SMILES string of the molecule is COCCn1ccc2cc(NC(=O)c3ccc(OC)c(OC)c3OC)ccc21. The van der Waals surface area contributed by atoms with Crippen LogP contribution < -0.4 is 19.5 Å². The molecule has 0 atom stereocenters. The number of nitrogens with one attached hydrogen (secondary N) is 1. The van der Waals surface area contributed by atoms with Crippen molar-refractivity contribution in [3.05, 3.63) is 48.2 Å². The Morgan fingerprint density at radius 1 is 0.964 bits per heavy atom. The van der Waals surface area contributed by atoms with E-state index in [1.165, 1.54) is 21.3 Å². The Labute approximate surface area is 163 Å². The van der Waals surface area contributed by atoms with E-state index in [1.807, 2.05) is 30.5 Å². The quantitative estimate of drug-likeness (QED) is 0.643. The molecule has 0 aliphatic carbocycles. The van der Waals surface area contributed by atoms with Crippen LogP contribution in [0.15, 0.2) is 42.6 Å². The van der Waals surface area contributed by atoms with Gasteiger partial charge in [-0.05, 0) is 36.4 Å². The number of fused-ring (bicyclic) bond motifs is 1. The molecule has 1 N–H and O–H groups in total. The van der Waals surface area contributed by atoms with Crippen LogP contribution in [-0.2, 0) is 11.3 Å². The Balaban J connectivity index is 1.87. The monoisotopic (exact) mass is 384 g/mol. The van der Waals surface area contributed by atoms with Crippen molar-refractivity contribution in [3.8, 4) is 17.2 Å². The van der Waals surface area contributed by atoms with E-state index >= 15 is 0 Å². The highest BCUT2D eigenvalue weighted by atomic mass is 16.5. The Bertz CT molecular complexity index is 980. The van der Waals surface area contributed by atoms with Crippen molar-refractivity contribution in [2.75, 3.05) is 40.4 Å². The molecular formula is C21H24N2O5. The highest BCUT2D eigenvalue weighted by molar-refractivity contribution is 6.07. The summed E-state index contributed by atoms with van der Waals surface area (Å²) in [6, 6.07) is 11.1. The van der Waals surface area contributed by atoms with Crippen molar-refractivity contribution in [1.29, 1.82) is 0 Å². The number of rotatable bonds is 8. The first-order chi connectivity index (χ1) is 13.6. The summed E-state index contributed by atoms with van der Waals surface area (Å²) in [5.74, 6) is 0.903. The fraction of sp³-hybridized carbons (Fsp3) is 0.286. The molecule has 0 aliphatic heterocycles. The van der Waals surface area contributed by atoms with Gasteiger partial charge in [0.1, 0.15) is 0 Å². The van der Waals surface area contributed by atoms with Crippen LogP contribution in [-0.4, -0.2) is 45.5 Å². The summed E-state index contributed by atoms with van der Waals surface area (Å²) >= 11 is 0. The van der Waals surface area contributed by atoms with Crippen LogP contribution in [0.4, 0.5) is 5.69 Å². The average Bonchev–Trinajstić information content (AvgIpc) is 3.12. The molecule has 28 heavy (non-hydrogen) atoms. The molecule has 1 aromatic heterocycles. The standard InChI is InChI=1S/C21H24N2O5/c1-25-12-11-23-10-9-14-13-15(5-7-17(14)23)22-21(24)16-6-8-18(26-2)20(28-4)19(16)27-3/h5-10,13H,11-12H2,1-4H3,(H,22,24). The summed E-state index contributed by atoms with van der Waals surface area (Å²) in [6.45, 7) is 1.41. The van der Waals surface area contributed by atoms with E-state index in [1.54, 1.807) is 19.2 Å². The van der Waals surface area contributed by atoms with E-state index in [0.29, 0.717) is 35.1 Å². The topological polar surface area (TPSA) is 71.0 Å². The van der Waals surface area contributed by atoms with E-state index in [2.05, 4.69) is 9.88 Å². The molecule has 0 saturated heterocycles. The molecule has 0 radical (unpaired) electrons. The van der Waals surface area contributed by atoms with Gasteiger partial charge in [0.25, 0.3) is 5.91 Å². The number of hydrogen-bond donors (Lipinski definition) is 1.